The number of sulfonamides is 1. The van der Waals surface area contributed by atoms with Crippen LogP contribution in [0.5, 0.6) is 0 Å². The van der Waals surface area contributed by atoms with Crippen molar-refractivity contribution >= 4 is 10.0 Å². The molecule has 4 nitrogen and oxygen atoms in total. The molecule has 0 amide bonds. The Bertz CT molecular complexity index is 234. The van der Waals surface area contributed by atoms with E-state index in [4.69, 9.17) is 5.14 Å². The van der Waals surface area contributed by atoms with E-state index in [-0.39, 0.29) is 5.75 Å². The zero-order chi connectivity index (χ0) is 9.19. The van der Waals surface area contributed by atoms with Gasteiger partial charge in [-0.3, -0.25) is 0 Å². The molecule has 1 saturated carbocycles. The van der Waals surface area contributed by atoms with Crippen LogP contribution >= 0.6 is 0 Å². The molecule has 0 aromatic rings. The molecule has 0 radical (unpaired) electrons. The first-order chi connectivity index (χ1) is 5.49. The van der Waals surface area contributed by atoms with Crippen LogP contribution in [0.15, 0.2) is 0 Å². The Morgan fingerprint density at radius 2 is 2.17 bits per heavy atom. The van der Waals surface area contributed by atoms with Crippen LogP contribution in [-0.4, -0.2) is 26.8 Å². The molecule has 0 aliphatic heterocycles. The summed E-state index contributed by atoms with van der Waals surface area (Å²) in [5.74, 6) is 0.787. The van der Waals surface area contributed by atoms with E-state index in [9.17, 15) is 8.42 Å². The highest BCUT2D eigenvalue weighted by atomic mass is 32.2. The van der Waals surface area contributed by atoms with E-state index in [0.717, 1.165) is 5.92 Å². The third-order valence-electron chi connectivity index (χ3n) is 2.18. The number of primary sulfonamides is 1. The van der Waals surface area contributed by atoms with Crippen LogP contribution in [-0.2, 0) is 10.0 Å². The Balaban J connectivity index is 2.09. The summed E-state index contributed by atoms with van der Waals surface area (Å²) in [6.07, 6.45) is 2.53. The van der Waals surface area contributed by atoms with E-state index < -0.39 is 10.0 Å². The molecule has 1 fully saturated rings. The number of nitrogens with one attached hydrogen (secondary N) is 1. The lowest BCUT2D eigenvalue weighted by atomic mass is 10.2. The Morgan fingerprint density at radius 3 is 2.58 bits per heavy atom. The number of rotatable bonds is 5. The van der Waals surface area contributed by atoms with Crippen LogP contribution in [0.2, 0.25) is 0 Å². The first kappa shape index (κ1) is 9.95. The zero-order valence-corrected chi connectivity index (χ0v) is 8.10. The summed E-state index contributed by atoms with van der Waals surface area (Å²) in [5.41, 5.74) is 0. The second-order valence-electron chi connectivity index (χ2n) is 3.45. The second kappa shape index (κ2) is 3.72. The monoisotopic (exact) mass is 192 g/mol. The maximum atomic E-state index is 10.5. The molecule has 12 heavy (non-hydrogen) atoms. The van der Waals surface area contributed by atoms with Crippen molar-refractivity contribution in [2.24, 2.45) is 11.1 Å². The topological polar surface area (TPSA) is 72.2 Å². The minimum absolute atomic E-state index is 0.0318. The highest BCUT2D eigenvalue weighted by Gasteiger charge is 2.27. The highest BCUT2D eigenvalue weighted by Crippen LogP contribution is 2.32. The van der Waals surface area contributed by atoms with Crippen molar-refractivity contribution in [3.05, 3.63) is 0 Å². The molecule has 0 heterocycles. The van der Waals surface area contributed by atoms with E-state index in [2.05, 4.69) is 12.2 Å². The number of hydrogen-bond donors (Lipinski definition) is 2. The van der Waals surface area contributed by atoms with Gasteiger partial charge in [-0.25, -0.2) is 13.6 Å². The molecule has 0 bridgehead atoms. The van der Waals surface area contributed by atoms with Gasteiger partial charge < -0.3 is 5.32 Å². The van der Waals surface area contributed by atoms with Crippen LogP contribution in [0.1, 0.15) is 19.8 Å². The maximum Gasteiger partial charge on any atom is 0.210 e. The lowest BCUT2D eigenvalue weighted by molar-refractivity contribution is 0.509. The summed E-state index contributed by atoms with van der Waals surface area (Å²) >= 11 is 0. The molecule has 0 spiro atoms. The van der Waals surface area contributed by atoms with Gasteiger partial charge >= 0.3 is 0 Å². The highest BCUT2D eigenvalue weighted by molar-refractivity contribution is 7.89. The number of nitrogens with two attached hydrogens (primary N) is 1. The molecule has 0 saturated heterocycles. The van der Waals surface area contributed by atoms with Gasteiger partial charge in [-0.1, -0.05) is 0 Å². The van der Waals surface area contributed by atoms with Crippen LogP contribution in [0.4, 0.5) is 0 Å². The van der Waals surface area contributed by atoms with E-state index >= 15 is 0 Å². The lowest BCUT2D eigenvalue weighted by Crippen LogP contribution is -2.34. The smallest absolute Gasteiger partial charge is 0.210 e. The van der Waals surface area contributed by atoms with Crippen molar-refractivity contribution in [2.45, 2.75) is 25.8 Å². The predicted molar refractivity (Wildman–Crippen MR) is 48.2 cm³/mol. The molecule has 1 aliphatic carbocycles. The van der Waals surface area contributed by atoms with Crippen molar-refractivity contribution in [1.29, 1.82) is 0 Å². The van der Waals surface area contributed by atoms with Gasteiger partial charge in [-0.15, -0.1) is 0 Å². The van der Waals surface area contributed by atoms with Crippen molar-refractivity contribution in [3.8, 4) is 0 Å². The fourth-order valence-corrected chi connectivity index (χ4v) is 1.59. The Hall–Kier alpha value is -0.130. The maximum absolute atomic E-state index is 10.5. The normalized spacial score (nSPS) is 20.8. The van der Waals surface area contributed by atoms with E-state index in [0.29, 0.717) is 12.6 Å². The average molecular weight is 192 g/mol. The quantitative estimate of drug-likeness (QED) is 0.626. The third-order valence-corrected chi connectivity index (χ3v) is 2.96. The largest absolute Gasteiger partial charge is 0.313 e. The molecule has 5 heteroatoms. The molecule has 0 aromatic heterocycles. The SMILES string of the molecule is CC(NCCS(N)(=O)=O)C1CC1. The predicted octanol–water partition coefficient (Wildman–Crippen LogP) is -0.337. The van der Waals surface area contributed by atoms with Gasteiger partial charge in [0.25, 0.3) is 0 Å². The van der Waals surface area contributed by atoms with Crippen LogP contribution < -0.4 is 10.5 Å². The Labute approximate surface area is 73.6 Å². The summed E-state index contributed by atoms with van der Waals surface area (Å²) in [6, 6.07) is 0.437. The molecule has 72 valence electrons. The van der Waals surface area contributed by atoms with Gasteiger partial charge in [0, 0.05) is 12.6 Å². The summed E-state index contributed by atoms with van der Waals surface area (Å²) in [4.78, 5) is 0. The molecular weight excluding hydrogens is 176 g/mol. The summed E-state index contributed by atoms with van der Waals surface area (Å²) in [7, 11) is -3.29. The van der Waals surface area contributed by atoms with Crippen molar-refractivity contribution < 1.29 is 8.42 Å². The van der Waals surface area contributed by atoms with Crippen LogP contribution in [0.3, 0.4) is 0 Å². The van der Waals surface area contributed by atoms with Gasteiger partial charge in [-0.2, -0.15) is 0 Å². The summed E-state index contributed by atoms with van der Waals surface area (Å²) in [6.45, 7) is 2.55. The van der Waals surface area contributed by atoms with Gasteiger partial charge in [0.2, 0.25) is 10.0 Å². The Kier molecular flexibility index (Phi) is 3.09. The van der Waals surface area contributed by atoms with Crippen LogP contribution in [0.25, 0.3) is 0 Å². The lowest BCUT2D eigenvalue weighted by Gasteiger charge is -2.11. The molecule has 3 N–H and O–H groups in total. The molecule has 0 aromatic carbocycles. The first-order valence-corrected chi connectivity index (χ1v) is 5.94. The average Bonchev–Trinajstić information content (AvgIpc) is 2.64. The number of hydrogen-bond acceptors (Lipinski definition) is 3. The first-order valence-electron chi connectivity index (χ1n) is 4.23. The molecule has 1 unspecified atom stereocenters. The standard InChI is InChI=1S/C7H16N2O2S/c1-6(7-2-3-7)9-4-5-12(8,10)11/h6-7,9H,2-5H2,1H3,(H2,8,10,11). The van der Waals surface area contributed by atoms with E-state index in [1.165, 1.54) is 12.8 Å². The zero-order valence-electron chi connectivity index (χ0n) is 7.29. The van der Waals surface area contributed by atoms with E-state index in [1.54, 1.807) is 0 Å². The van der Waals surface area contributed by atoms with Gasteiger partial charge in [0.05, 0.1) is 5.75 Å². The van der Waals surface area contributed by atoms with E-state index in [1.807, 2.05) is 0 Å². The van der Waals surface area contributed by atoms with Gasteiger partial charge in [0.15, 0.2) is 0 Å². The van der Waals surface area contributed by atoms with Gasteiger partial charge in [-0.05, 0) is 25.7 Å². The van der Waals surface area contributed by atoms with Crippen molar-refractivity contribution in [2.75, 3.05) is 12.3 Å². The fourth-order valence-electron chi connectivity index (χ4n) is 1.19. The van der Waals surface area contributed by atoms with Crippen LogP contribution in [0, 0.1) is 5.92 Å². The second-order valence-corrected chi connectivity index (χ2v) is 5.18. The fraction of sp³-hybridized carbons (Fsp3) is 1.00. The van der Waals surface area contributed by atoms with Crippen molar-refractivity contribution in [1.82, 2.24) is 5.32 Å². The molecule has 1 rings (SSSR count). The molecular formula is C7H16N2O2S. The third kappa shape index (κ3) is 4.04. The molecule has 1 atom stereocenters. The Morgan fingerprint density at radius 1 is 1.58 bits per heavy atom. The molecule has 1 aliphatic rings. The summed E-state index contributed by atoms with van der Waals surface area (Å²) in [5, 5.41) is 7.99. The van der Waals surface area contributed by atoms with Gasteiger partial charge in [0.1, 0.15) is 0 Å². The minimum atomic E-state index is -3.29. The minimum Gasteiger partial charge on any atom is -0.313 e. The summed E-state index contributed by atoms with van der Waals surface area (Å²) < 4.78 is 21.1. The van der Waals surface area contributed by atoms with Crippen molar-refractivity contribution in [3.63, 3.8) is 0 Å².